The summed E-state index contributed by atoms with van der Waals surface area (Å²) in [6.07, 6.45) is 4.74. The predicted octanol–water partition coefficient (Wildman–Crippen LogP) is 2.56. The maximum absolute atomic E-state index is 12.9. The van der Waals surface area contributed by atoms with Gasteiger partial charge in [0.2, 0.25) is 5.91 Å². The summed E-state index contributed by atoms with van der Waals surface area (Å²) in [7, 11) is 1.58. The fraction of sp³-hybridized carbons (Fsp3) is 0.429. The maximum atomic E-state index is 12.9. The molecule has 1 aromatic heterocycles. The smallest absolute Gasteiger partial charge is 0.325 e. The third kappa shape index (κ3) is 4.90. The van der Waals surface area contributed by atoms with Gasteiger partial charge in [-0.2, -0.15) is 0 Å². The second-order valence-corrected chi connectivity index (χ2v) is 8.35. The standard InChI is InChI=1S/C21H24BrN5O4/c1-30-18-7-3-2-6-17(18)27-10-9-26(21(27)29)14-19(28)25-8-4-5-16(13-25)31-20-23-11-15(22)12-24-20/h2-3,6-7,11-12,16H,4-5,8-10,13-14H2,1H3. The van der Waals surface area contributed by atoms with Gasteiger partial charge in [-0.15, -0.1) is 0 Å². The molecule has 3 heterocycles. The predicted molar refractivity (Wildman–Crippen MR) is 117 cm³/mol. The number of hydrogen-bond acceptors (Lipinski definition) is 6. The zero-order chi connectivity index (χ0) is 21.8. The van der Waals surface area contributed by atoms with Crippen molar-refractivity contribution in [2.75, 3.05) is 44.7 Å². The molecule has 0 spiro atoms. The van der Waals surface area contributed by atoms with Crippen LogP contribution in [0.15, 0.2) is 41.1 Å². The summed E-state index contributed by atoms with van der Waals surface area (Å²) < 4.78 is 12.0. The highest BCUT2D eigenvalue weighted by molar-refractivity contribution is 9.10. The number of hydrogen-bond donors (Lipinski definition) is 0. The normalized spacial score (nSPS) is 19.0. The number of amides is 3. The molecule has 0 N–H and O–H groups in total. The van der Waals surface area contributed by atoms with Gasteiger partial charge in [0, 0.05) is 32.0 Å². The Morgan fingerprint density at radius 1 is 1.19 bits per heavy atom. The van der Waals surface area contributed by atoms with Crippen molar-refractivity contribution < 1.29 is 19.1 Å². The van der Waals surface area contributed by atoms with Crippen LogP contribution in [0.3, 0.4) is 0 Å². The van der Waals surface area contributed by atoms with Gasteiger partial charge in [-0.25, -0.2) is 14.8 Å². The molecule has 10 heteroatoms. The van der Waals surface area contributed by atoms with Gasteiger partial charge in [-0.3, -0.25) is 9.69 Å². The lowest BCUT2D eigenvalue weighted by atomic mass is 10.1. The van der Waals surface area contributed by atoms with E-state index >= 15 is 0 Å². The molecule has 3 amide bonds. The fourth-order valence-electron chi connectivity index (χ4n) is 3.84. The summed E-state index contributed by atoms with van der Waals surface area (Å²) in [5.41, 5.74) is 0.714. The van der Waals surface area contributed by atoms with Crippen molar-refractivity contribution in [3.63, 3.8) is 0 Å². The van der Waals surface area contributed by atoms with E-state index in [1.165, 1.54) is 0 Å². The Kier molecular flexibility index (Phi) is 6.55. The Labute approximate surface area is 189 Å². The zero-order valence-corrected chi connectivity index (χ0v) is 18.8. The molecule has 1 unspecified atom stereocenters. The van der Waals surface area contributed by atoms with Gasteiger partial charge in [-0.05, 0) is 40.9 Å². The molecule has 9 nitrogen and oxygen atoms in total. The molecule has 2 aromatic rings. The zero-order valence-electron chi connectivity index (χ0n) is 17.2. The number of rotatable bonds is 6. The van der Waals surface area contributed by atoms with Crippen LogP contribution in [0, 0.1) is 0 Å². The van der Waals surface area contributed by atoms with E-state index in [-0.39, 0.29) is 24.6 Å². The Morgan fingerprint density at radius 3 is 2.74 bits per heavy atom. The Morgan fingerprint density at radius 2 is 1.97 bits per heavy atom. The molecular weight excluding hydrogens is 466 g/mol. The minimum atomic E-state index is -0.189. The average Bonchev–Trinajstić information content (AvgIpc) is 3.15. The van der Waals surface area contributed by atoms with Crippen molar-refractivity contribution in [2.24, 2.45) is 0 Å². The molecule has 1 aromatic carbocycles. The quantitative estimate of drug-likeness (QED) is 0.619. The lowest BCUT2D eigenvalue weighted by Gasteiger charge is -2.33. The molecule has 2 aliphatic heterocycles. The number of carbonyl (C=O) groups excluding carboxylic acids is 2. The van der Waals surface area contributed by atoms with Gasteiger partial charge >= 0.3 is 12.0 Å². The van der Waals surface area contributed by atoms with Crippen LogP contribution in [0.2, 0.25) is 0 Å². The van der Waals surface area contributed by atoms with Gasteiger partial charge in [0.1, 0.15) is 18.4 Å². The Balaban J connectivity index is 1.34. The van der Waals surface area contributed by atoms with Crippen molar-refractivity contribution in [2.45, 2.75) is 18.9 Å². The molecule has 2 aliphatic rings. The van der Waals surface area contributed by atoms with Gasteiger partial charge in [-0.1, -0.05) is 12.1 Å². The number of halogens is 1. The molecule has 0 aliphatic carbocycles. The lowest BCUT2D eigenvalue weighted by molar-refractivity contribution is -0.134. The molecule has 0 saturated carbocycles. The van der Waals surface area contributed by atoms with Gasteiger partial charge in [0.05, 0.1) is 23.8 Å². The molecule has 2 saturated heterocycles. The first-order chi connectivity index (χ1) is 15.0. The molecular formula is C21H24BrN5O4. The monoisotopic (exact) mass is 489 g/mol. The summed E-state index contributed by atoms with van der Waals surface area (Å²) in [6, 6.07) is 7.49. The summed E-state index contributed by atoms with van der Waals surface area (Å²) >= 11 is 3.30. The van der Waals surface area contributed by atoms with E-state index in [0.717, 1.165) is 17.3 Å². The lowest BCUT2D eigenvalue weighted by Crippen LogP contribution is -2.48. The van der Waals surface area contributed by atoms with Crippen LogP contribution in [-0.4, -0.2) is 77.6 Å². The number of aromatic nitrogens is 2. The van der Waals surface area contributed by atoms with Crippen LogP contribution in [0.5, 0.6) is 11.8 Å². The number of anilines is 1. The molecule has 31 heavy (non-hydrogen) atoms. The van der Waals surface area contributed by atoms with Crippen LogP contribution in [0.25, 0.3) is 0 Å². The minimum Gasteiger partial charge on any atom is -0.495 e. The van der Waals surface area contributed by atoms with Gasteiger partial charge in [0.15, 0.2) is 0 Å². The van der Waals surface area contributed by atoms with Crippen molar-refractivity contribution in [3.8, 4) is 11.8 Å². The van der Waals surface area contributed by atoms with Crippen LogP contribution >= 0.6 is 15.9 Å². The van der Waals surface area contributed by atoms with E-state index in [9.17, 15) is 9.59 Å². The third-order valence-corrected chi connectivity index (χ3v) is 5.81. The molecule has 4 rings (SSSR count). The number of para-hydroxylation sites is 2. The third-order valence-electron chi connectivity index (χ3n) is 5.40. The van der Waals surface area contributed by atoms with E-state index < -0.39 is 0 Å². The largest absolute Gasteiger partial charge is 0.495 e. The summed E-state index contributed by atoms with van der Waals surface area (Å²) in [5, 5.41) is 0. The van der Waals surface area contributed by atoms with E-state index in [2.05, 4.69) is 25.9 Å². The first-order valence-electron chi connectivity index (χ1n) is 10.2. The topological polar surface area (TPSA) is 88.1 Å². The van der Waals surface area contributed by atoms with E-state index in [1.54, 1.807) is 34.2 Å². The van der Waals surface area contributed by atoms with Crippen molar-refractivity contribution in [1.82, 2.24) is 19.8 Å². The number of nitrogens with zero attached hydrogens (tertiary/aromatic N) is 5. The van der Waals surface area contributed by atoms with E-state index in [1.807, 2.05) is 24.3 Å². The first-order valence-corrected chi connectivity index (χ1v) is 11.0. The van der Waals surface area contributed by atoms with E-state index in [4.69, 9.17) is 9.47 Å². The summed E-state index contributed by atoms with van der Waals surface area (Å²) in [6.45, 7) is 2.16. The van der Waals surface area contributed by atoms with Crippen LogP contribution in [0.1, 0.15) is 12.8 Å². The van der Waals surface area contributed by atoms with Crippen LogP contribution in [0.4, 0.5) is 10.5 Å². The second kappa shape index (κ2) is 9.51. The van der Waals surface area contributed by atoms with Gasteiger partial charge < -0.3 is 19.3 Å². The summed E-state index contributed by atoms with van der Waals surface area (Å²) in [4.78, 5) is 39.1. The highest BCUT2D eigenvalue weighted by Crippen LogP contribution is 2.30. The van der Waals surface area contributed by atoms with Crippen molar-refractivity contribution in [3.05, 3.63) is 41.1 Å². The molecule has 0 bridgehead atoms. The SMILES string of the molecule is COc1ccccc1N1CCN(CC(=O)N2CCCC(Oc3ncc(Br)cn3)C2)C1=O. The number of urea groups is 1. The maximum Gasteiger partial charge on any atom is 0.325 e. The highest BCUT2D eigenvalue weighted by Gasteiger charge is 2.34. The van der Waals surface area contributed by atoms with Crippen LogP contribution < -0.4 is 14.4 Å². The van der Waals surface area contributed by atoms with Crippen molar-refractivity contribution >= 4 is 33.6 Å². The molecule has 0 radical (unpaired) electrons. The number of likely N-dealkylation sites (tertiary alicyclic amines) is 1. The summed E-state index contributed by atoms with van der Waals surface area (Å²) in [5.74, 6) is 0.551. The van der Waals surface area contributed by atoms with Crippen molar-refractivity contribution in [1.29, 1.82) is 0 Å². The number of piperidine rings is 1. The van der Waals surface area contributed by atoms with E-state index in [0.29, 0.717) is 43.6 Å². The van der Waals surface area contributed by atoms with Crippen LogP contribution in [-0.2, 0) is 4.79 Å². The number of methoxy groups -OCH3 is 1. The molecule has 164 valence electrons. The van der Waals surface area contributed by atoms with Gasteiger partial charge in [0.25, 0.3) is 0 Å². The Hall–Kier alpha value is -2.88. The number of ether oxygens (including phenoxy) is 2. The second-order valence-electron chi connectivity index (χ2n) is 7.43. The number of benzene rings is 1. The molecule has 1 atom stereocenters. The first kappa shape index (κ1) is 21.4. The fourth-order valence-corrected chi connectivity index (χ4v) is 4.04. The number of carbonyl (C=O) groups is 2. The Bertz CT molecular complexity index is 942. The highest BCUT2D eigenvalue weighted by atomic mass is 79.9. The minimum absolute atomic E-state index is 0.0476. The molecule has 2 fully saturated rings. The average molecular weight is 490 g/mol.